The molecule has 0 saturated carbocycles. The molecule has 0 bridgehead atoms. The third-order valence-corrected chi connectivity index (χ3v) is 3.16. The second kappa shape index (κ2) is 4.85. The quantitative estimate of drug-likeness (QED) is 0.847. The average molecular weight is 261 g/mol. The van der Waals surface area contributed by atoms with E-state index < -0.39 is 0 Å². The van der Waals surface area contributed by atoms with Crippen molar-refractivity contribution in [1.82, 2.24) is 19.7 Å². The number of aliphatic hydroxyl groups is 1. The van der Waals surface area contributed by atoms with Gasteiger partial charge in [0.05, 0.1) is 38.7 Å². The summed E-state index contributed by atoms with van der Waals surface area (Å²) in [6, 6.07) is 1.72. The molecule has 0 radical (unpaired) electrons. The second-order valence-corrected chi connectivity index (χ2v) is 4.32. The van der Waals surface area contributed by atoms with Gasteiger partial charge in [-0.15, -0.1) is 0 Å². The van der Waals surface area contributed by atoms with E-state index >= 15 is 0 Å². The van der Waals surface area contributed by atoms with Crippen LogP contribution >= 0.6 is 0 Å². The number of aliphatic hydroxyl groups excluding tert-OH is 1. The topological polar surface area (TPSA) is 76.3 Å². The Bertz CT molecular complexity index is 583. The standard InChI is InChI=1S/C12H15N5O2/c1-19-11-2-3-13-12(15-11)16-7-9-6-14-17(4-5-18)10(9)8-16/h2-3,6,18H,4-5,7-8H2,1H3. The Labute approximate surface area is 110 Å². The number of rotatable bonds is 4. The van der Waals surface area contributed by atoms with Crippen LogP contribution in [0.1, 0.15) is 11.3 Å². The summed E-state index contributed by atoms with van der Waals surface area (Å²) in [5.74, 6) is 1.20. The van der Waals surface area contributed by atoms with Crippen LogP contribution in [0.2, 0.25) is 0 Å². The van der Waals surface area contributed by atoms with Gasteiger partial charge in [0.2, 0.25) is 11.8 Å². The minimum absolute atomic E-state index is 0.0871. The largest absolute Gasteiger partial charge is 0.481 e. The first kappa shape index (κ1) is 11.9. The van der Waals surface area contributed by atoms with Crippen molar-refractivity contribution in [3.8, 4) is 5.88 Å². The van der Waals surface area contributed by atoms with E-state index in [2.05, 4.69) is 20.0 Å². The maximum absolute atomic E-state index is 9.00. The highest BCUT2D eigenvalue weighted by atomic mass is 16.5. The molecule has 0 fully saturated rings. The molecule has 1 aliphatic rings. The summed E-state index contributed by atoms with van der Waals surface area (Å²) >= 11 is 0. The molecule has 3 rings (SSSR count). The number of anilines is 1. The number of hydrogen-bond donors (Lipinski definition) is 1. The number of nitrogens with zero attached hydrogens (tertiary/aromatic N) is 5. The third-order valence-electron chi connectivity index (χ3n) is 3.16. The molecule has 0 spiro atoms. The van der Waals surface area contributed by atoms with Crippen molar-refractivity contribution in [3.05, 3.63) is 29.7 Å². The van der Waals surface area contributed by atoms with Crippen molar-refractivity contribution < 1.29 is 9.84 Å². The van der Waals surface area contributed by atoms with Crippen molar-refractivity contribution in [3.63, 3.8) is 0 Å². The van der Waals surface area contributed by atoms with Gasteiger partial charge in [0.25, 0.3) is 0 Å². The first-order valence-electron chi connectivity index (χ1n) is 6.08. The van der Waals surface area contributed by atoms with E-state index in [4.69, 9.17) is 9.84 Å². The highest BCUT2D eigenvalue weighted by Gasteiger charge is 2.25. The summed E-state index contributed by atoms with van der Waals surface area (Å²) in [7, 11) is 1.59. The van der Waals surface area contributed by atoms with Gasteiger partial charge in [-0.2, -0.15) is 10.1 Å². The molecule has 19 heavy (non-hydrogen) atoms. The zero-order valence-corrected chi connectivity index (χ0v) is 10.7. The van der Waals surface area contributed by atoms with Gasteiger partial charge < -0.3 is 14.7 Å². The maximum atomic E-state index is 9.00. The van der Waals surface area contributed by atoms with E-state index in [9.17, 15) is 0 Å². The van der Waals surface area contributed by atoms with Gasteiger partial charge in [-0.05, 0) is 0 Å². The molecule has 1 N–H and O–H groups in total. The van der Waals surface area contributed by atoms with Gasteiger partial charge in [0.15, 0.2) is 0 Å². The molecule has 7 nitrogen and oxygen atoms in total. The molecule has 0 amide bonds. The first-order valence-corrected chi connectivity index (χ1v) is 6.08. The van der Waals surface area contributed by atoms with Crippen molar-refractivity contribution in [2.45, 2.75) is 19.6 Å². The number of hydrogen-bond acceptors (Lipinski definition) is 6. The van der Waals surface area contributed by atoms with Crippen molar-refractivity contribution in [2.75, 3.05) is 18.6 Å². The van der Waals surface area contributed by atoms with Gasteiger partial charge in [-0.3, -0.25) is 4.68 Å². The molecule has 2 aromatic heterocycles. The zero-order valence-electron chi connectivity index (χ0n) is 10.7. The third kappa shape index (κ3) is 2.12. The SMILES string of the molecule is COc1ccnc(N2Cc3cnn(CCO)c3C2)n1. The highest BCUT2D eigenvalue weighted by molar-refractivity contribution is 5.40. The molecule has 3 heterocycles. The number of methoxy groups -OCH3 is 1. The monoisotopic (exact) mass is 261 g/mol. The molecule has 7 heteroatoms. The van der Waals surface area contributed by atoms with Crippen LogP contribution in [0.3, 0.4) is 0 Å². The minimum Gasteiger partial charge on any atom is -0.481 e. The van der Waals surface area contributed by atoms with Crippen molar-refractivity contribution in [1.29, 1.82) is 0 Å². The van der Waals surface area contributed by atoms with Crippen LogP contribution in [-0.4, -0.2) is 38.6 Å². The molecule has 1 aliphatic heterocycles. The molecule has 2 aromatic rings. The van der Waals surface area contributed by atoms with Gasteiger partial charge in [-0.25, -0.2) is 4.98 Å². The smallest absolute Gasteiger partial charge is 0.229 e. The van der Waals surface area contributed by atoms with Crippen molar-refractivity contribution in [2.24, 2.45) is 0 Å². The van der Waals surface area contributed by atoms with Gasteiger partial charge >= 0.3 is 0 Å². The summed E-state index contributed by atoms with van der Waals surface area (Å²) in [4.78, 5) is 10.6. The zero-order chi connectivity index (χ0) is 13.2. The Morgan fingerprint density at radius 2 is 2.32 bits per heavy atom. The number of aromatic nitrogens is 4. The van der Waals surface area contributed by atoms with E-state index in [-0.39, 0.29) is 6.61 Å². The minimum atomic E-state index is 0.0871. The molecule has 0 aromatic carbocycles. The predicted molar refractivity (Wildman–Crippen MR) is 67.8 cm³/mol. The van der Waals surface area contributed by atoms with Crippen LogP contribution in [0, 0.1) is 0 Å². The predicted octanol–water partition coefficient (Wildman–Crippen LogP) is 0.194. The van der Waals surface area contributed by atoms with Crippen molar-refractivity contribution >= 4 is 5.95 Å². The summed E-state index contributed by atoms with van der Waals surface area (Å²) in [6.07, 6.45) is 3.52. The fourth-order valence-electron chi connectivity index (χ4n) is 2.23. The fraction of sp³-hybridized carbons (Fsp3) is 0.417. The number of ether oxygens (including phenoxy) is 1. The fourth-order valence-corrected chi connectivity index (χ4v) is 2.23. The van der Waals surface area contributed by atoms with Crippen LogP contribution in [0.5, 0.6) is 5.88 Å². The second-order valence-electron chi connectivity index (χ2n) is 4.32. The van der Waals surface area contributed by atoms with Gasteiger partial charge in [0.1, 0.15) is 0 Å². The molecule has 0 saturated heterocycles. The Hall–Kier alpha value is -2.15. The Balaban J connectivity index is 1.82. The van der Waals surface area contributed by atoms with E-state index in [1.165, 1.54) is 0 Å². The van der Waals surface area contributed by atoms with Crippen LogP contribution in [0.25, 0.3) is 0 Å². The van der Waals surface area contributed by atoms with Crippen LogP contribution < -0.4 is 9.64 Å². The van der Waals surface area contributed by atoms with Gasteiger partial charge in [0, 0.05) is 24.4 Å². The molecule has 0 atom stereocenters. The van der Waals surface area contributed by atoms with Crippen LogP contribution in [0.4, 0.5) is 5.95 Å². The molecule has 0 unspecified atom stereocenters. The van der Waals surface area contributed by atoms with Crippen LogP contribution in [0.15, 0.2) is 18.5 Å². The Morgan fingerprint density at radius 3 is 3.11 bits per heavy atom. The Morgan fingerprint density at radius 1 is 1.42 bits per heavy atom. The lowest BCUT2D eigenvalue weighted by atomic mass is 10.3. The Kier molecular flexibility index (Phi) is 3.04. The summed E-state index contributed by atoms with van der Waals surface area (Å²) in [6.45, 7) is 2.03. The maximum Gasteiger partial charge on any atom is 0.229 e. The lowest BCUT2D eigenvalue weighted by molar-refractivity contribution is 0.267. The first-order chi connectivity index (χ1) is 9.31. The van der Waals surface area contributed by atoms with Crippen LogP contribution in [-0.2, 0) is 19.6 Å². The number of fused-ring (bicyclic) bond motifs is 1. The normalized spacial score (nSPS) is 13.7. The average Bonchev–Trinajstić information content (AvgIpc) is 3.01. The van der Waals surface area contributed by atoms with Gasteiger partial charge in [-0.1, -0.05) is 0 Å². The van der Waals surface area contributed by atoms with E-state index in [0.717, 1.165) is 17.8 Å². The lowest BCUT2D eigenvalue weighted by Gasteiger charge is -2.16. The van der Waals surface area contributed by atoms with E-state index in [0.29, 0.717) is 24.9 Å². The molecule has 0 aliphatic carbocycles. The summed E-state index contributed by atoms with van der Waals surface area (Å²) < 4.78 is 6.94. The molecular weight excluding hydrogens is 246 g/mol. The molecule has 100 valence electrons. The lowest BCUT2D eigenvalue weighted by Crippen LogP contribution is -2.19. The van der Waals surface area contributed by atoms with E-state index in [1.54, 1.807) is 19.4 Å². The molecular formula is C12H15N5O2. The van der Waals surface area contributed by atoms with E-state index in [1.807, 2.05) is 10.9 Å². The highest BCUT2D eigenvalue weighted by Crippen LogP contribution is 2.26. The summed E-state index contributed by atoms with van der Waals surface area (Å²) in [5.41, 5.74) is 2.26. The summed E-state index contributed by atoms with van der Waals surface area (Å²) in [5, 5.41) is 13.3.